The predicted molar refractivity (Wildman–Crippen MR) is 138 cm³/mol. The lowest BCUT2D eigenvalue weighted by atomic mass is 9.88. The molecular formula is C30H36N2O2. The molecule has 0 bridgehead atoms. The van der Waals surface area contributed by atoms with Crippen LogP contribution in [0.4, 0.5) is 0 Å². The van der Waals surface area contributed by atoms with E-state index in [-0.39, 0.29) is 17.7 Å². The number of carbonyl (C=O) groups is 2. The molecule has 1 atom stereocenters. The van der Waals surface area contributed by atoms with Gasteiger partial charge in [0.25, 0.3) is 0 Å². The number of nitrogens with one attached hydrogen (secondary N) is 1. The van der Waals surface area contributed by atoms with Gasteiger partial charge in [0.1, 0.15) is 6.04 Å². The van der Waals surface area contributed by atoms with E-state index in [1.54, 1.807) is 4.90 Å². The second-order valence-corrected chi connectivity index (χ2v) is 8.85. The second-order valence-electron chi connectivity index (χ2n) is 8.85. The Bertz CT molecular complexity index is 1010. The van der Waals surface area contributed by atoms with Crippen LogP contribution in [0.25, 0.3) is 0 Å². The Morgan fingerprint density at radius 3 is 1.97 bits per heavy atom. The number of amides is 2. The Labute approximate surface area is 204 Å². The number of hydrogen-bond donors (Lipinski definition) is 1. The lowest BCUT2D eigenvalue weighted by Crippen LogP contribution is -2.48. The summed E-state index contributed by atoms with van der Waals surface area (Å²) in [6.45, 7) is 7.00. The highest BCUT2D eigenvalue weighted by molar-refractivity contribution is 5.87. The molecule has 0 unspecified atom stereocenters. The predicted octanol–water partition coefficient (Wildman–Crippen LogP) is 5.85. The Morgan fingerprint density at radius 1 is 0.853 bits per heavy atom. The molecular weight excluding hydrogens is 420 g/mol. The Hall–Kier alpha value is -3.40. The maximum absolute atomic E-state index is 13.8. The molecule has 4 nitrogen and oxygen atoms in total. The molecule has 0 aliphatic carbocycles. The molecule has 0 fully saturated rings. The third-order valence-corrected chi connectivity index (χ3v) is 6.38. The summed E-state index contributed by atoms with van der Waals surface area (Å²) in [6, 6.07) is 27.7. The number of hydrogen-bond acceptors (Lipinski definition) is 2. The van der Waals surface area contributed by atoms with Gasteiger partial charge in [-0.25, -0.2) is 0 Å². The quantitative estimate of drug-likeness (QED) is 0.368. The highest BCUT2D eigenvalue weighted by atomic mass is 16.2. The van der Waals surface area contributed by atoms with E-state index in [1.165, 1.54) is 0 Å². The van der Waals surface area contributed by atoms with E-state index in [1.807, 2.05) is 74.5 Å². The lowest BCUT2D eigenvalue weighted by Gasteiger charge is -2.31. The average Bonchev–Trinajstić information content (AvgIpc) is 2.87. The van der Waals surface area contributed by atoms with E-state index < -0.39 is 6.04 Å². The van der Waals surface area contributed by atoms with Crippen molar-refractivity contribution in [1.82, 2.24) is 10.2 Å². The van der Waals surface area contributed by atoms with Crippen LogP contribution in [0.2, 0.25) is 0 Å². The molecule has 3 rings (SSSR count). The van der Waals surface area contributed by atoms with Gasteiger partial charge in [-0.1, -0.05) is 98.3 Å². The summed E-state index contributed by atoms with van der Waals surface area (Å²) in [5.41, 5.74) is 4.36. The summed E-state index contributed by atoms with van der Waals surface area (Å²) < 4.78 is 0. The van der Waals surface area contributed by atoms with Gasteiger partial charge in [-0.15, -0.1) is 0 Å². The van der Waals surface area contributed by atoms with Crippen LogP contribution in [0.5, 0.6) is 0 Å². The smallest absolute Gasteiger partial charge is 0.242 e. The standard InChI is InChI=1S/C30H36N2O2/c1-4-5-20-31-30(34)24(3)32(22-27-19-13-12-14-23(27)2)29(33)21-28(25-15-8-6-9-16-25)26-17-10-7-11-18-26/h6-19,24,28H,4-5,20-22H2,1-3H3,(H,31,34)/t24-/m1/s1. The fourth-order valence-corrected chi connectivity index (χ4v) is 4.18. The maximum atomic E-state index is 13.8. The van der Waals surface area contributed by atoms with Gasteiger partial charge in [0.05, 0.1) is 0 Å². The first kappa shape index (κ1) is 25.2. The Morgan fingerprint density at radius 2 is 1.41 bits per heavy atom. The molecule has 0 heterocycles. The number of aryl methyl sites for hydroxylation is 1. The van der Waals surface area contributed by atoms with Crippen molar-refractivity contribution in [3.8, 4) is 0 Å². The molecule has 0 saturated carbocycles. The van der Waals surface area contributed by atoms with Crippen molar-refractivity contribution in [1.29, 1.82) is 0 Å². The summed E-state index contributed by atoms with van der Waals surface area (Å²) in [7, 11) is 0. The van der Waals surface area contributed by atoms with E-state index in [9.17, 15) is 9.59 Å². The summed E-state index contributed by atoms with van der Waals surface area (Å²) in [6.07, 6.45) is 2.23. The van der Waals surface area contributed by atoms with Crippen molar-refractivity contribution >= 4 is 11.8 Å². The number of rotatable bonds is 11. The van der Waals surface area contributed by atoms with Gasteiger partial charge < -0.3 is 10.2 Å². The second kappa shape index (κ2) is 12.7. The first-order valence-corrected chi connectivity index (χ1v) is 12.2. The van der Waals surface area contributed by atoms with Crippen molar-refractivity contribution < 1.29 is 9.59 Å². The van der Waals surface area contributed by atoms with Crippen molar-refractivity contribution in [2.24, 2.45) is 0 Å². The summed E-state index contributed by atoms with van der Waals surface area (Å²) in [4.78, 5) is 28.5. The van der Waals surface area contributed by atoms with Crippen LogP contribution < -0.4 is 5.32 Å². The average molecular weight is 457 g/mol. The monoisotopic (exact) mass is 456 g/mol. The minimum absolute atomic E-state index is 0.0286. The van der Waals surface area contributed by atoms with Gasteiger partial charge in [-0.2, -0.15) is 0 Å². The maximum Gasteiger partial charge on any atom is 0.242 e. The third kappa shape index (κ3) is 6.80. The highest BCUT2D eigenvalue weighted by Crippen LogP contribution is 2.29. The number of unbranched alkanes of at least 4 members (excludes halogenated alkanes) is 1. The molecule has 0 radical (unpaired) electrons. The molecule has 1 N–H and O–H groups in total. The van der Waals surface area contributed by atoms with Crippen LogP contribution in [0.3, 0.4) is 0 Å². The van der Waals surface area contributed by atoms with Gasteiger partial charge in [-0.05, 0) is 42.5 Å². The largest absolute Gasteiger partial charge is 0.354 e. The zero-order chi connectivity index (χ0) is 24.3. The van der Waals surface area contributed by atoms with E-state index in [0.29, 0.717) is 19.5 Å². The normalized spacial score (nSPS) is 11.8. The molecule has 3 aromatic carbocycles. The molecule has 0 aliphatic rings. The zero-order valence-corrected chi connectivity index (χ0v) is 20.5. The SMILES string of the molecule is CCCCNC(=O)[C@@H](C)N(Cc1ccccc1C)C(=O)CC(c1ccccc1)c1ccccc1. The molecule has 4 heteroatoms. The van der Waals surface area contributed by atoms with Gasteiger partial charge in [0, 0.05) is 25.4 Å². The molecule has 3 aromatic rings. The first-order valence-electron chi connectivity index (χ1n) is 12.2. The number of nitrogens with zero attached hydrogens (tertiary/aromatic N) is 1. The van der Waals surface area contributed by atoms with Crippen molar-refractivity contribution in [2.75, 3.05) is 6.54 Å². The van der Waals surface area contributed by atoms with Crippen molar-refractivity contribution in [3.63, 3.8) is 0 Å². The molecule has 0 aromatic heterocycles. The van der Waals surface area contributed by atoms with E-state index in [2.05, 4.69) is 36.5 Å². The number of carbonyl (C=O) groups excluding carboxylic acids is 2. The Kier molecular flexibility index (Phi) is 9.45. The molecule has 0 spiro atoms. The molecule has 2 amide bonds. The summed E-state index contributed by atoms with van der Waals surface area (Å²) in [5.74, 6) is -0.213. The van der Waals surface area contributed by atoms with Crippen LogP contribution in [-0.4, -0.2) is 29.3 Å². The van der Waals surface area contributed by atoms with Gasteiger partial charge >= 0.3 is 0 Å². The summed E-state index contributed by atoms with van der Waals surface area (Å²) >= 11 is 0. The molecule has 0 aliphatic heterocycles. The minimum Gasteiger partial charge on any atom is -0.354 e. The summed E-state index contributed by atoms with van der Waals surface area (Å²) in [5, 5.41) is 3.00. The van der Waals surface area contributed by atoms with Crippen LogP contribution in [0.15, 0.2) is 84.9 Å². The topological polar surface area (TPSA) is 49.4 Å². The highest BCUT2D eigenvalue weighted by Gasteiger charge is 2.29. The van der Waals surface area contributed by atoms with Crippen LogP contribution in [-0.2, 0) is 16.1 Å². The first-order chi connectivity index (χ1) is 16.5. The van der Waals surface area contributed by atoms with E-state index in [0.717, 1.165) is 35.1 Å². The molecule has 34 heavy (non-hydrogen) atoms. The van der Waals surface area contributed by atoms with Crippen LogP contribution in [0.1, 0.15) is 61.3 Å². The van der Waals surface area contributed by atoms with E-state index >= 15 is 0 Å². The van der Waals surface area contributed by atoms with E-state index in [4.69, 9.17) is 0 Å². The zero-order valence-electron chi connectivity index (χ0n) is 20.5. The van der Waals surface area contributed by atoms with Crippen LogP contribution in [0, 0.1) is 6.92 Å². The van der Waals surface area contributed by atoms with Crippen molar-refractivity contribution in [3.05, 3.63) is 107 Å². The molecule has 178 valence electrons. The number of benzene rings is 3. The minimum atomic E-state index is -0.559. The van der Waals surface area contributed by atoms with Gasteiger partial charge in [-0.3, -0.25) is 9.59 Å². The fraction of sp³-hybridized carbons (Fsp3) is 0.333. The third-order valence-electron chi connectivity index (χ3n) is 6.38. The molecule has 0 saturated heterocycles. The van der Waals surface area contributed by atoms with Gasteiger partial charge in [0.15, 0.2) is 0 Å². The van der Waals surface area contributed by atoms with Crippen molar-refractivity contribution in [2.45, 2.75) is 58.5 Å². The Balaban J connectivity index is 1.89. The van der Waals surface area contributed by atoms with Crippen LogP contribution >= 0.6 is 0 Å². The van der Waals surface area contributed by atoms with Gasteiger partial charge in [0.2, 0.25) is 11.8 Å². The lowest BCUT2D eigenvalue weighted by molar-refractivity contribution is -0.140. The fourth-order valence-electron chi connectivity index (χ4n) is 4.18.